The summed E-state index contributed by atoms with van der Waals surface area (Å²) in [5.41, 5.74) is 2.93. The zero-order valence-corrected chi connectivity index (χ0v) is 28.2. The van der Waals surface area contributed by atoms with Gasteiger partial charge in [0.05, 0.1) is 24.8 Å². The molecule has 0 spiro atoms. The summed E-state index contributed by atoms with van der Waals surface area (Å²) in [5, 5.41) is 3.01. The van der Waals surface area contributed by atoms with Gasteiger partial charge in [0.2, 0.25) is 11.8 Å². The van der Waals surface area contributed by atoms with Crippen molar-refractivity contribution in [3.63, 3.8) is 0 Å². The topological polar surface area (TPSA) is 105 Å². The average molecular weight is 658 g/mol. The number of hydrogen-bond acceptors (Lipinski definition) is 6. The Balaban J connectivity index is 1.81. The van der Waals surface area contributed by atoms with Crippen LogP contribution in [0.15, 0.2) is 108 Å². The van der Waals surface area contributed by atoms with Gasteiger partial charge in [-0.05, 0) is 60.9 Å². The second-order valence-electron chi connectivity index (χ2n) is 11.2. The number of carbonyl (C=O) groups excluding carboxylic acids is 2. The maximum Gasteiger partial charge on any atom is 0.264 e. The van der Waals surface area contributed by atoms with Gasteiger partial charge in [-0.15, -0.1) is 0 Å². The lowest BCUT2D eigenvalue weighted by atomic mass is 10.0. The van der Waals surface area contributed by atoms with Gasteiger partial charge in [0, 0.05) is 19.5 Å². The number of methoxy groups -OCH3 is 2. The molecular formula is C37H43N3O6S. The molecule has 0 aliphatic rings. The SMILES string of the molecule is CCCCNC(=O)C(Cc1ccccc1)N(Cc1ccc(C)cc1)C(=O)CN(c1ccccc1OC)S(=O)(=O)c1ccc(OC)cc1. The fourth-order valence-corrected chi connectivity index (χ4v) is 6.60. The third kappa shape index (κ3) is 9.13. The fourth-order valence-electron chi connectivity index (χ4n) is 5.17. The Morgan fingerprint density at radius 3 is 2.11 bits per heavy atom. The Morgan fingerprint density at radius 1 is 0.809 bits per heavy atom. The molecule has 4 aromatic rings. The number of ether oxygens (including phenoxy) is 2. The van der Waals surface area contributed by atoms with Crippen LogP contribution in [0, 0.1) is 6.92 Å². The maximum atomic E-state index is 14.6. The molecule has 1 atom stereocenters. The number of rotatable bonds is 16. The number of nitrogens with one attached hydrogen (secondary N) is 1. The summed E-state index contributed by atoms with van der Waals surface area (Å²) in [7, 11) is -1.35. The first-order chi connectivity index (χ1) is 22.7. The smallest absolute Gasteiger partial charge is 0.264 e. The summed E-state index contributed by atoms with van der Waals surface area (Å²) < 4.78 is 40.4. The molecular weight excluding hydrogens is 614 g/mol. The lowest BCUT2D eigenvalue weighted by Gasteiger charge is -2.34. The molecule has 10 heteroatoms. The van der Waals surface area contributed by atoms with E-state index in [-0.39, 0.29) is 35.2 Å². The molecule has 4 rings (SSSR count). The van der Waals surface area contributed by atoms with E-state index < -0.39 is 28.5 Å². The lowest BCUT2D eigenvalue weighted by Crippen LogP contribution is -2.53. The quantitative estimate of drug-likeness (QED) is 0.154. The number of amides is 2. The van der Waals surface area contributed by atoms with E-state index in [2.05, 4.69) is 5.32 Å². The number of sulfonamides is 1. The predicted molar refractivity (Wildman–Crippen MR) is 184 cm³/mol. The van der Waals surface area contributed by atoms with Crippen LogP contribution in [0.25, 0.3) is 0 Å². The maximum absolute atomic E-state index is 14.6. The molecule has 0 heterocycles. The van der Waals surface area contributed by atoms with E-state index in [0.29, 0.717) is 12.3 Å². The number of aryl methyl sites for hydroxylation is 1. The normalized spacial score (nSPS) is 11.7. The van der Waals surface area contributed by atoms with Gasteiger partial charge in [0.1, 0.15) is 24.1 Å². The Labute approximate surface area is 278 Å². The van der Waals surface area contributed by atoms with Gasteiger partial charge >= 0.3 is 0 Å². The highest BCUT2D eigenvalue weighted by molar-refractivity contribution is 7.92. The Morgan fingerprint density at radius 2 is 1.47 bits per heavy atom. The zero-order chi connectivity index (χ0) is 33.8. The lowest BCUT2D eigenvalue weighted by molar-refractivity contribution is -0.140. The highest BCUT2D eigenvalue weighted by Gasteiger charge is 2.35. The highest BCUT2D eigenvalue weighted by Crippen LogP contribution is 2.33. The Bertz CT molecular complexity index is 1710. The van der Waals surface area contributed by atoms with Gasteiger partial charge in [-0.1, -0.05) is 85.6 Å². The van der Waals surface area contributed by atoms with Crippen LogP contribution in [0.5, 0.6) is 11.5 Å². The van der Waals surface area contributed by atoms with E-state index in [1.807, 2.05) is 68.4 Å². The van der Waals surface area contributed by atoms with Crippen LogP contribution in [-0.4, -0.2) is 58.5 Å². The Hall–Kier alpha value is -4.83. The van der Waals surface area contributed by atoms with Crippen molar-refractivity contribution in [1.82, 2.24) is 10.2 Å². The average Bonchev–Trinajstić information content (AvgIpc) is 3.09. The third-order valence-corrected chi connectivity index (χ3v) is 9.63. The van der Waals surface area contributed by atoms with Crippen LogP contribution in [0.4, 0.5) is 5.69 Å². The first kappa shape index (κ1) is 35.0. The predicted octanol–water partition coefficient (Wildman–Crippen LogP) is 5.76. The van der Waals surface area contributed by atoms with Crippen LogP contribution >= 0.6 is 0 Å². The van der Waals surface area contributed by atoms with Crippen LogP contribution in [-0.2, 0) is 32.6 Å². The summed E-state index contributed by atoms with van der Waals surface area (Å²) in [6, 6.07) is 28.9. The van der Waals surface area contributed by atoms with E-state index in [4.69, 9.17) is 9.47 Å². The van der Waals surface area contributed by atoms with E-state index in [0.717, 1.165) is 33.8 Å². The van der Waals surface area contributed by atoms with Crippen molar-refractivity contribution in [2.75, 3.05) is 31.6 Å². The summed E-state index contributed by atoms with van der Waals surface area (Å²) in [4.78, 5) is 30.0. The molecule has 0 fully saturated rings. The molecule has 9 nitrogen and oxygen atoms in total. The van der Waals surface area contributed by atoms with Crippen molar-refractivity contribution in [3.05, 3.63) is 120 Å². The van der Waals surface area contributed by atoms with Crippen molar-refractivity contribution < 1.29 is 27.5 Å². The van der Waals surface area contributed by atoms with Crippen molar-refractivity contribution in [1.29, 1.82) is 0 Å². The summed E-state index contributed by atoms with van der Waals surface area (Å²) >= 11 is 0. The van der Waals surface area contributed by atoms with Crippen LogP contribution in [0.1, 0.15) is 36.5 Å². The molecule has 0 bridgehead atoms. The first-order valence-corrected chi connectivity index (χ1v) is 17.1. The van der Waals surface area contributed by atoms with E-state index in [9.17, 15) is 18.0 Å². The van der Waals surface area contributed by atoms with Crippen molar-refractivity contribution >= 4 is 27.5 Å². The summed E-state index contributed by atoms with van der Waals surface area (Å²) in [6.07, 6.45) is 1.93. The van der Waals surface area contributed by atoms with Crippen molar-refractivity contribution in [3.8, 4) is 11.5 Å². The largest absolute Gasteiger partial charge is 0.497 e. The second kappa shape index (κ2) is 16.6. The van der Waals surface area contributed by atoms with E-state index in [1.165, 1.54) is 31.3 Å². The minimum absolute atomic E-state index is 0.0276. The molecule has 4 aromatic carbocycles. The van der Waals surface area contributed by atoms with Gasteiger partial charge in [0.15, 0.2) is 0 Å². The molecule has 1 unspecified atom stereocenters. The summed E-state index contributed by atoms with van der Waals surface area (Å²) in [6.45, 7) is 4.00. The molecule has 47 heavy (non-hydrogen) atoms. The van der Waals surface area contributed by atoms with Gasteiger partial charge in [0.25, 0.3) is 10.0 Å². The molecule has 0 saturated heterocycles. The van der Waals surface area contributed by atoms with Crippen LogP contribution in [0.3, 0.4) is 0 Å². The highest BCUT2D eigenvalue weighted by atomic mass is 32.2. The number of carbonyl (C=O) groups is 2. The molecule has 0 aromatic heterocycles. The second-order valence-corrected chi connectivity index (χ2v) is 13.1. The number of nitrogens with zero attached hydrogens (tertiary/aromatic N) is 2. The molecule has 1 N–H and O–H groups in total. The first-order valence-electron chi connectivity index (χ1n) is 15.6. The molecule has 0 aliphatic carbocycles. The monoisotopic (exact) mass is 657 g/mol. The van der Waals surface area contributed by atoms with Gasteiger partial charge < -0.3 is 19.7 Å². The number of anilines is 1. The van der Waals surface area contributed by atoms with E-state index >= 15 is 0 Å². The minimum atomic E-state index is -4.29. The molecule has 0 saturated carbocycles. The van der Waals surface area contributed by atoms with Crippen molar-refractivity contribution in [2.24, 2.45) is 0 Å². The number of hydrogen-bond donors (Lipinski definition) is 1. The number of unbranched alkanes of at least 4 members (excludes halogenated alkanes) is 1. The van der Waals surface area contributed by atoms with Gasteiger partial charge in [-0.25, -0.2) is 8.42 Å². The molecule has 0 aliphatic heterocycles. The number of benzene rings is 4. The van der Waals surface area contributed by atoms with E-state index in [1.54, 1.807) is 36.4 Å². The number of para-hydroxylation sites is 2. The zero-order valence-electron chi connectivity index (χ0n) is 27.4. The Kier molecular flexibility index (Phi) is 12.4. The van der Waals surface area contributed by atoms with Crippen molar-refractivity contribution in [2.45, 2.75) is 50.6 Å². The fraction of sp³-hybridized carbons (Fsp3) is 0.297. The van der Waals surface area contributed by atoms with Crippen LogP contribution in [0.2, 0.25) is 0 Å². The molecule has 0 radical (unpaired) electrons. The third-order valence-electron chi connectivity index (χ3n) is 7.85. The summed E-state index contributed by atoms with van der Waals surface area (Å²) in [5.74, 6) is -0.0728. The minimum Gasteiger partial charge on any atom is -0.497 e. The standard InChI is InChI=1S/C37H43N3O6S/c1-5-6-24-38-37(42)34(25-29-12-8-7-9-13-29)39(26-30-18-16-28(2)17-19-30)36(41)27-40(33-14-10-11-15-35(33)46-4)47(43,44)32-22-20-31(45-3)21-23-32/h7-23,34H,5-6,24-27H2,1-4H3,(H,38,42). The van der Waals surface area contributed by atoms with Gasteiger partial charge in [-0.3, -0.25) is 13.9 Å². The van der Waals surface area contributed by atoms with Crippen LogP contribution < -0.4 is 19.1 Å². The van der Waals surface area contributed by atoms with Gasteiger partial charge in [-0.2, -0.15) is 0 Å². The molecule has 248 valence electrons. The molecule has 2 amide bonds.